The zero-order valence-electron chi connectivity index (χ0n) is 53.8. The maximum Gasteiger partial charge on any atom is 0.269 e. The van der Waals surface area contributed by atoms with Crippen molar-refractivity contribution in [2.75, 3.05) is 27.0 Å². The van der Waals surface area contributed by atoms with E-state index in [0.29, 0.717) is 47.4 Å². The third-order valence-electron chi connectivity index (χ3n) is 14.4. The van der Waals surface area contributed by atoms with Crippen LogP contribution in [0.25, 0.3) is 53.9 Å². The van der Waals surface area contributed by atoms with E-state index in [9.17, 15) is 14.5 Å². The number of non-ortho nitro benzene ring substituents is 1. The number of aryl methyl sites for hydroxylation is 2. The Morgan fingerprint density at radius 3 is 1.28 bits per heavy atom. The Bertz CT molecular complexity index is 4990. The summed E-state index contributed by atoms with van der Waals surface area (Å²) in [4.78, 5) is 62.1. The fourth-order valence-electron chi connectivity index (χ4n) is 9.48. The lowest BCUT2D eigenvalue weighted by molar-refractivity contribution is -0.384. The van der Waals surface area contributed by atoms with E-state index >= 15 is 0 Å². The number of rotatable bonds is 20. The number of anilines is 9. The third-order valence-corrected chi connectivity index (χ3v) is 17.5. The third kappa shape index (κ3) is 19.5. The first kappa shape index (κ1) is 68.3. The SMILES string of the molecule is Cc1ccc(C)c(-c2cccc(Nc3nccc(-c4nccs4)n3)c2)c1.Fc1ccccc1COc1cccc(Nc2nccc(-c3nccs3)n2)c1.Nc1ccccc1COc1cccc(Nc2nccc(-c3nccs3)n2)c1.O=[N+]([O-])c1ccc(Nc2nccc(-c3nccs3)n2)cc1. The molecule has 0 aliphatic carbocycles. The number of benzene rings is 7. The van der Waals surface area contributed by atoms with Crippen molar-refractivity contribution < 1.29 is 18.8 Å². The minimum atomic E-state index is -0.441. The quantitative estimate of drug-likeness (QED) is 0.0269. The van der Waals surface area contributed by atoms with Crippen molar-refractivity contribution in [2.45, 2.75) is 27.1 Å². The van der Waals surface area contributed by atoms with Gasteiger partial charge in [-0.1, -0.05) is 84.4 Å². The van der Waals surface area contributed by atoms with E-state index in [-0.39, 0.29) is 18.1 Å². The highest BCUT2D eigenvalue weighted by molar-refractivity contribution is 7.13. The number of para-hydroxylation sites is 1. The van der Waals surface area contributed by atoms with Crippen molar-refractivity contribution in [3.63, 3.8) is 0 Å². The van der Waals surface area contributed by atoms with Crippen LogP contribution in [0.5, 0.6) is 11.5 Å². The Morgan fingerprint density at radius 1 is 0.426 bits per heavy atom. The second-order valence-electron chi connectivity index (χ2n) is 21.5. The van der Waals surface area contributed by atoms with Gasteiger partial charge >= 0.3 is 0 Å². The van der Waals surface area contributed by atoms with Gasteiger partial charge in [0.1, 0.15) is 73.3 Å². The molecular weight excluding hydrogens is 1350 g/mol. The summed E-state index contributed by atoms with van der Waals surface area (Å²) in [6.45, 7) is 4.82. The van der Waals surface area contributed by atoms with Crippen LogP contribution in [0.2, 0.25) is 0 Å². The minimum Gasteiger partial charge on any atom is -0.489 e. The number of hydrogen-bond acceptors (Lipinski definition) is 25. The number of nitrogens with two attached hydrogens (primary N) is 1. The molecule has 6 N–H and O–H groups in total. The molecule has 0 bridgehead atoms. The zero-order chi connectivity index (χ0) is 69.5. The van der Waals surface area contributed by atoms with E-state index in [1.807, 2.05) is 125 Å². The van der Waals surface area contributed by atoms with Gasteiger partial charge in [0.25, 0.3) is 5.69 Å². The molecule has 15 aromatic rings. The van der Waals surface area contributed by atoms with E-state index in [0.717, 1.165) is 76.9 Å². The van der Waals surface area contributed by atoms with Gasteiger partial charge in [-0.15, -0.1) is 45.3 Å². The lowest BCUT2D eigenvalue weighted by Crippen LogP contribution is -2.01. The molecular formula is C74H59FN18O4S4. The van der Waals surface area contributed by atoms with E-state index in [4.69, 9.17) is 15.2 Å². The summed E-state index contributed by atoms with van der Waals surface area (Å²) in [7, 11) is 0. The molecule has 0 aliphatic heterocycles. The number of aromatic nitrogens is 12. The second kappa shape index (κ2) is 34.0. The Morgan fingerprint density at radius 2 is 0.842 bits per heavy atom. The molecule has 8 aromatic heterocycles. The lowest BCUT2D eigenvalue weighted by atomic mass is 9.98. The van der Waals surface area contributed by atoms with E-state index < -0.39 is 4.92 Å². The Labute approximate surface area is 594 Å². The van der Waals surface area contributed by atoms with Crippen LogP contribution in [0, 0.1) is 29.8 Å². The zero-order valence-corrected chi connectivity index (χ0v) is 57.0. The maximum absolute atomic E-state index is 13.7. The lowest BCUT2D eigenvalue weighted by Gasteiger charge is -2.10. The minimum absolute atomic E-state index is 0.0398. The number of hydrogen-bond donors (Lipinski definition) is 5. The van der Waals surface area contributed by atoms with Gasteiger partial charge in [0, 0.05) is 135 Å². The van der Waals surface area contributed by atoms with Crippen LogP contribution in [0.1, 0.15) is 22.3 Å². The van der Waals surface area contributed by atoms with Crippen LogP contribution < -0.4 is 36.5 Å². The van der Waals surface area contributed by atoms with Crippen molar-refractivity contribution in [3.8, 4) is 65.4 Å². The number of nitro benzene ring substituents is 1. The summed E-state index contributed by atoms with van der Waals surface area (Å²) in [5.74, 6) is 3.03. The fraction of sp³-hybridized carbons (Fsp3) is 0.0541. The normalized spacial score (nSPS) is 10.5. The molecule has 0 spiro atoms. The van der Waals surface area contributed by atoms with Crippen LogP contribution in [0.15, 0.2) is 259 Å². The van der Waals surface area contributed by atoms with Crippen LogP contribution in [-0.2, 0) is 13.2 Å². The number of nitrogen functional groups attached to an aromatic ring is 1. The van der Waals surface area contributed by atoms with Crippen LogP contribution in [0.4, 0.5) is 62.3 Å². The number of nitro groups is 1. The van der Waals surface area contributed by atoms with Crippen molar-refractivity contribution in [2.24, 2.45) is 0 Å². The standard InChI is InChI=1S/C21H18N4S.C20H15FN4OS.C20H17N5OS.C13H9N5O2S/c1-14-6-7-15(2)18(12-14)16-4-3-5-17(13-16)24-21-23-9-8-19(25-21)20-22-10-11-26-20;2*21-17-7-2-1-4-14(17)13-26-16-6-3-5-15(12-16)24-20-23-9-8-18(25-20)19-22-10-11-27-19;19-18(20)10-3-1-9(2-4-10)16-13-15-6-5-11(17-13)12-14-7-8-21-12/h3-13H,1-2H3,(H,23,24,25);1-12H,13H2,(H,23,24,25);1-12H,13,21H2,(H,23,24,25);1-8H,(H,15,16,17). The van der Waals surface area contributed by atoms with E-state index in [1.54, 1.807) is 97.3 Å². The molecule has 7 aromatic carbocycles. The number of halogens is 1. The molecule has 0 fully saturated rings. The molecule has 0 amide bonds. The Kier molecular flexibility index (Phi) is 23.0. The summed E-state index contributed by atoms with van der Waals surface area (Å²) in [5.41, 5.74) is 19.5. The number of nitrogens with zero attached hydrogens (tertiary/aromatic N) is 13. The molecule has 500 valence electrons. The predicted molar refractivity (Wildman–Crippen MR) is 399 cm³/mol. The van der Waals surface area contributed by atoms with Gasteiger partial charge in [-0.05, 0) is 115 Å². The predicted octanol–water partition coefficient (Wildman–Crippen LogP) is 18.4. The molecule has 0 aliphatic rings. The van der Waals surface area contributed by atoms with Crippen LogP contribution in [0.3, 0.4) is 0 Å². The summed E-state index contributed by atoms with van der Waals surface area (Å²) in [6, 6.07) is 57.5. The highest BCUT2D eigenvalue weighted by atomic mass is 32.1. The van der Waals surface area contributed by atoms with Gasteiger partial charge < -0.3 is 36.5 Å². The molecule has 22 nitrogen and oxygen atoms in total. The second-order valence-corrected chi connectivity index (χ2v) is 25.1. The Hall–Kier alpha value is -12.7. The van der Waals surface area contributed by atoms with Crippen molar-refractivity contribution in [3.05, 3.63) is 297 Å². The van der Waals surface area contributed by atoms with Gasteiger partial charge in [0.2, 0.25) is 23.8 Å². The highest BCUT2D eigenvalue weighted by Crippen LogP contribution is 2.31. The molecule has 101 heavy (non-hydrogen) atoms. The number of ether oxygens (including phenoxy) is 2. The maximum atomic E-state index is 13.7. The van der Waals surface area contributed by atoms with Gasteiger partial charge in [0.15, 0.2) is 0 Å². The summed E-state index contributed by atoms with van der Waals surface area (Å²) >= 11 is 6.12. The molecule has 0 saturated carbocycles. The molecule has 0 atom stereocenters. The average Bonchev–Trinajstić information content (AvgIpc) is 1.88. The summed E-state index contributed by atoms with van der Waals surface area (Å²) in [6.07, 6.45) is 13.8. The van der Waals surface area contributed by atoms with Crippen molar-refractivity contribution in [1.82, 2.24) is 59.8 Å². The number of thiazole rings is 4. The van der Waals surface area contributed by atoms with Gasteiger partial charge in [-0.25, -0.2) is 64.2 Å². The van der Waals surface area contributed by atoms with Gasteiger partial charge in [0.05, 0.1) is 4.92 Å². The fourth-order valence-corrected chi connectivity index (χ4v) is 11.9. The van der Waals surface area contributed by atoms with Gasteiger partial charge in [-0.2, -0.15) is 0 Å². The average molecular weight is 1410 g/mol. The highest BCUT2D eigenvalue weighted by Gasteiger charge is 2.13. The molecule has 0 radical (unpaired) electrons. The summed E-state index contributed by atoms with van der Waals surface area (Å²) < 4.78 is 25.3. The molecule has 15 rings (SSSR count). The van der Waals surface area contributed by atoms with Crippen LogP contribution >= 0.6 is 45.3 Å². The van der Waals surface area contributed by atoms with E-state index in [1.165, 1.54) is 74.5 Å². The topological polar surface area (TPSA) is 290 Å². The largest absolute Gasteiger partial charge is 0.489 e. The smallest absolute Gasteiger partial charge is 0.269 e. The Balaban J connectivity index is 0.000000128. The number of nitrogens with one attached hydrogen (secondary N) is 4. The molecule has 0 unspecified atom stereocenters. The first-order valence-corrected chi connectivity index (χ1v) is 34.4. The van der Waals surface area contributed by atoms with E-state index in [2.05, 4.69) is 125 Å². The van der Waals surface area contributed by atoms with Crippen molar-refractivity contribution >= 4 is 103 Å². The monoisotopic (exact) mass is 1410 g/mol. The molecule has 8 heterocycles. The first-order chi connectivity index (χ1) is 49.5. The molecule has 0 saturated heterocycles. The van der Waals surface area contributed by atoms with Gasteiger partial charge in [-0.3, -0.25) is 10.1 Å². The molecule has 27 heteroatoms. The van der Waals surface area contributed by atoms with Crippen molar-refractivity contribution in [1.29, 1.82) is 0 Å². The van der Waals surface area contributed by atoms with Crippen LogP contribution in [-0.4, -0.2) is 64.7 Å². The summed E-state index contributed by atoms with van der Waals surface area (Å²) in [5, 5.41) is 34.3. The first-order valence-electron chi connectivity index (χ1n) is 30.9.